The van der Waals surface area contributed by atoms with Crippen LogP contribution in [0.5, 0.6) is 0 Å². The SMILES string of the molecule is CCCCCCCCCCCCCCCOCC=C=CCCCCl. The van der Waals surface area contributed by atoms with E-state index in [-0.39, 0.29) is 0 Å². The van der Waals surface area contributed by atoms with Gasteiger partial charge in [-0.1, -0.05) is 84.0 Å². The van der Waals surface area contributed by atoms with Gasteiger partial charge in [-0.3, -0.25) is 0 Å². The fourth-order valence-corrected chi connectivity index (χ4v) is 2.91. The van der Waals surface area contributed by atoms with E-state index in [9.17, 15) is 0 Å². The molecule has 0 fully saturated rings. The Bertz CT molecular complexity index is 282. The molecule has 0 rings (SSSR count). The molecule has 0 aliphatic heterocycles. The van der Waals surface area contributed by atoms with Crippen molar-refractivity contribution >= 4 is 11.6 Å². The number of halogens is 1. The zero-order valence-electron chi connectivity index (χ0n) is 16.2. The zero-order chi connectivity index (χ0) is 17.6. The van der Waals surface area contributed by atoms with Gasteiger partial charge < -0.3 is 4.74 Å². The van der Waals surface area contributed by atoms with Crippen LogP contribution in [0.4, 0.5) is 0 Å². The molecule has 0 amide bonds. The van der Waals surface area contributed by atoms with Crippen molar-refractivity contribution in [2.75, 3.05) is 19.1 Å². The normalized spacial score (nSPS) is 10.6. The van der Waals surface area contributed by atoms with Gasteiger partial charge in [0.25, 0.3) is 0 Å². The third-order valence-electron chi connectivity index (χ3n) is 4.31. The molecule has 0 saturated carbocycles. The Morgan fingerprint density at radius 1 is 0.708 bits per heavy atom. The summed E-state index contributed by atoms with van der Waals surface area (Å²) in [7, 11) is 0. The first-order valence-corrected chi connectivity index (χ1v) is 11.0. The molecule has 0 bridgehead atoms. The van der Waals surface area contributed by atoms with Crippen LogP contribution in [0.2, 0.25) is 0 Å². The first kappa shape index (κ1) is 23.8. The lowest BCUT2D eigenvalue weighted by Gasteiger charge is -2.03. The van der Waals surface area contributed by atoms with Crippen molar-refractivity contribution in [3.63, 3.8) is 0 Å². The van der Waals surface area contributed by atoms with E-state index in [4.69, 9.17) is 16.3 Å². The van der Waals surface area contributed by atoms with Gasteiger partial charge in [0.15, 0.2) is 0 Å². The molecule has 0 radical (unpaired) electrons. The van der Waals surface area contributed by atoms with Crippen LogP contribution in [0.15, 0.2) is 17.9 Å². The minimum absolute atomic E-state index is 0.690. The second kappa shape index (κ2) is 22.8. The number of alkyl halides is 1. The Kier molecular flexibility index (Phi) is 22.6. The summed E-state index contributed by atoms with van der Waals surface area (Å²) in [6.07, 6.45) is 24.2. The molecule has 0 atom stereocenters. The number of hydrogen-bond acceptors (Lipinski definition) is 1. The molecular weight excluding hydrogens is 316 g/mol. The molecule has 142 valence electrons. The van der Waals surface area contributed by atoms with Crippen LogP contribution >= 0.6 is 11.6 Å². The van der Waals surface area contributed by atoms with Crippen molar-refractivity contribution in [3.8, 4) is 0 Å². The predicted molar refractivity (Wildman–Crippen MR) is 109 cm³/mol. The maximum absolute atomic E-state index is 5.61. The molecule has 0 heterocycles. The van der Waals surface area contributed by atoms with Gasteiger partial charge in [0.05, 0.1) is 6.61 Å². The van der Waals surface area contributed by atoms with Crippen molar-refractivity contribution in [1.82, 2.24) is 0 Å². The standard InChI is InChI=1S/C22H41ClO/c1-2-3-4-5-6-7-8-9-10-11-12-15-18-21-24-22-19-16-13-14-17-20-23/h13,19H,2-12,14-15,17-18,20-22H2,1H3. The summed E-state index contributed by atoms with van der Waals surface area (Å²) >= 11 is 5.61. The van der Waals surface area contributed by atoms with Gasteiger partial charge in [-0.25, -0.2) is 0 Å². The monoisotopic (exact) mass is 356 g/mol. The lowest BCUT2D eigenvalue weighted by Crippen LogP contribution is -1.94. The summed E-state index contributed by atoms with van der Waals surface area (Å²) in [5, 5.41) is 0. The fourth-order valence-electron chi connectivity index (χ4n) is 2.76. The number of hydrogen-bond donors (Lipinski definition) is 0. The van der Waals surface area contributed by atoms with Gasteiger partial charge in [-0.05, 0) is 31.4 Å². The van der Waals surface area contributed by atoms with Crippen LogP contribution in [0.25, 0.3) is 0 Å². The second-order valence-electron chi connectivity index (χ2n) is 6.72. The zero-order valence-corrected chi connectivity index (χ0v) is 16.9. The van der Waals surface area contributed by atoms with E-state index in [0.717, 1.165) is 25.3 Å². The van der Waals surface area contributed by atoms with Crippen molar-refractivity contribution in [2.24, 2.45) is 0 Å². The molecule has 1 nitrogen and oxygen atoms in total. The van der Waals surface area contributed by atoms with Crippen LogP contribution in [-0.4, -0.2) is 19.1 Å². The molecule has 0 saturated heterocycles. The van der Waals surface area contributed by atoms with E-state index in [1.54, 1.807) is 0 Å². The van der Waals surface area contributed by atoms with E-state index >= 15 is 0 Å². The van der Waals surface area contributed by atoms with Crippen LogP contribution < -0.4 is 0 Å². The van der Waals surface area contributed by atoms with Gasteiger partial charge in [-0.2, -0.15) is 0 Å². The van der Waals surface area contributed by atoms with E-state index in [0.29, 0.717) is 6.61 Å². The molecule has 0 N–H and O–H groups in total. The van der Waals surface area contributed by atoms with Crippen LogP contribution in [0.1, 0.15) is 103 Å². The molecule has 0 spiro atoms. The average Bonchev–Trinajstić information content (AvgIpc) is 2.60. The van der Waals surface area contributed by atoms with Gasteiger partial charge >= 0.3 is 0 Å². The lowest BCUT2D eigenvalue weighted by atomic mass is 10.0. The Morgan fingerprint density at radius 3 is 1.79 bits per heavy atom. The predicted octanol–water partition coefficient (Wildman–Crippen LogP) is 7.82. The fraction of sp³-hybridized carbons (Fsp3) is 0.864. The Hall–Kier alpha value is -0.230. The number of ether oxygens (including phenoxy) is 1. The summed E-state index contributed by atoms with van der Waals surface area (Å²) in [6, 6.07) is 0. The largest absolute Gasteiger partial charge is 0.377 e. The molecular formula is C22H41ClO. The third kappa shape index (κ3) is 21.8. The molecule has 24 heavy (non-hydrogen) atoms. The van der Waals surface area contributed by atoms with Crippen molar-refractivity contribution in [2.45, 2.75) is 103 Å². The van der Waals surface area contributed by atoms with Gasteiger partial charge in [0.2, 0.25) is 0 Å². The highest BCUT2D eigenvalue weighted by Crippen LogP contribution is 2.12. The summed E-state index contributed by atoms with van der Waals surface area (Å²) in [5.74, 6) is 0.730. The van der Waals surface area contributed by atoms with E-state index in [1.807, 2.05) is 12.2 Å². The van der Waals surface area contributed by atoms with E-state index < -0.39 is 0 Å². The molecule has 2 heteroatoms. The highest BCUT2D eigenvalue weighted by Gasteiger charge is 1.93. The molecule has 0 aliphatic rings. The summed E-state index contributed by atoms with van der Waals surface area (Å²) in [6.45, 7) is 3.86. The minimum atomic E-state index is 0.690. The van der Waals surface area contributed by atoms with E-state index in [1.165, 1.54) is 83.5 Å². The average molecular weight is 357 g/mol. The van der Waals surface area contributed by atoms with Gasteiger partial charge in [-0.15, -0.1) is 17.3 Å². The first-order chi connectivity index (χ1) is 11.9. The Morgan fingerprint density at radius 2 is 1.25 bits per heavy atom. The summed E-state index contributed by atoms with van der Waals surface area (Å²) < 4.78 is 5.58. The summed E-state index contributed by atoms with van der Waals surface area (Å²) in [5.41, 5.74) is 3.14. The Labute approximate surface area is 156 Å². The Balaban J connectivity index is 3.06. The molecule has 0 aromatic carbocycles. The molecule has 0 aliphatic carbocycles. The van der Waals surface area contributed by atoms with Crippen LogP contribution in [0, 0.1) is 0 Å². The summed E-state index contributed by atoms with van der Waals surface area (Å²) in [4.78, 5) is 0. The number of rotatable bonds is 19. The first-order valence-electron chi connectivity index (χ1n) is 10.4. The van der Waals surface area contributed by atoms with E-state index in [2.05, 4.69) is 12.7 Å². The van der Waals surface area contributed by atoms with Crippen LogP contribution in [-0.2, 0) is 4.74 Å². The van der Waals surface area contributed by atoms with Crippen molar-refractivity contribution < 1.29 is 4.74 Å². The highest BCUT2D eigenvalue weighted by atomic mass is 35.5. The number of unbranched alkanes of at least 4 members (excludes halogenated alkanes) is 13. The molecule has 0 aromatic rings. The quantitative estimate of drug-likeness (QED) is 0.130. The maximum atomic E-state index is 5.61. The van der Waals surface area contributed by atoms with Crippen LogP contribution in [0.3, 0.4) is 0 Å². The lowest BCUT2D eigenvalue weighted by molar-refractivity contribution is 0.157. The van der Waals surface area contributed by atoms with Crippen molar-refractivity contribution in [3.05, 3.63) is 17.9 Å². The van der Waals surface area contributed by atoms with Gasteiger partial charge in [0.1, 0.15) is 0 Å². The van der Waals surface area contributed by atoms with Gasteiger partial charge in [0, 0.05) is 12.5 Å². The minimum Gasteiger partial charge on any atom is -0.377 e. The smallest absolute Gasteiger partial charge is 0.0721 e. The highest BCUT2D eigenvalue weighted by molar-refractivity contribution is 6.17. The van der Waals surface area contributed by atoms with Crippen molar-refractivity contribution in [1.29, 1.82) is 0 Å². The topological polar surface area (TPSA) is 9.23 Å². The maximum Gasteiger partial charge on any atom is 0.0721 e. The second-order valence-corrected chi connectivity index (χ2v) is 7.10. The third-order valence-corrected chi connectivity index (χ3v) is 4.58. The molecule has 0 aromatic heterocycles. The molecule has 0 unspecified atom stereocenters.